The van der Waals surface area contributed by atoms with Crippen LogP contribution in [0.5, 0.6) is 11.5 Å². The number of nitrogens with zero attached hydrogens (tertiary/aromatic N) is 1. The fourth-order valence-electron chi connectivity index (χ4n) is 5.59. The maximum absolute atomic E-state index is 13.4. The van der Waals surface area contributed by atoms with Gasteiger partial charge in [-0.3, -0.25) is 4.79 Å². The molecule has 1 aromatic carbocycles. The highest BCUT2D eigenvalue weighted by molar-refractivity contribution is 5.95. The van der Waals surface area contributed by atoms with Crippen molar-refractivity contribution in [2.24, 2.45) is 11.8 Å². The first-order valence-corrected chi connectivity index (χ1v) is 11.6. The minimum Gasteiger partial charge on any atom is -0.504 e. The van der Waals surface area contributed by atoms with E-state index in [1.54, 1.807) is 17.0 Å². The van der Waals surface area contributed by atoms with Gasteiger partial charge in [0, 0.05) is 23.9 Å². The molecule has 190 valence electrons. The number of aliphatic hydroxyl groups excluding tert-OH is 4. The first-order valence-electron chi connectivity index (χ1n) is 11.6. The van der Waals surface area contributed by atoms with Crippen LogP contribution in [0.15, 0.2) is 36.6 Å². The second-order valence-electron chi connectivity index (χ2n) is 9.34. The van der Waals surface area contributed by atoms with E-state index in [1.807, 2.05) is 0 Å². The highest BCUT2D eigenvalue weighted by Gasteiger charge is 2.51. The molecule has 9 atom stereocenters. The number of carbonyl (C=O) groups is 1. The average molecular weight is 491 g/mol. The first kappa shape index (κ1) is 24.0. The molecule has 6 N–H and O–H groups in total. The largest absolute Gasteiger partial charge is 0.504 e. The monoisotopic (exact) mass is 491 g/mol. The molecule has 1 amide bonds. The normalized spacial score (nSPS) is 38.5. The van der Waals surface area contributed by atoms with Crippen molar-refractivity contribution in [3.63, 3.8) is 0 Å². The van der Waals surface area contributed by atoms with E-state index in [-0.39, 0.29) is 17.4 Å². The Morgan fingerprint density at radius 2 is 1.91 bits per heavy atom. The number of benzene rings is 1. The van der Waals surface area contributed by atoms with Gasteiger partial charge in [0.25, 0.3) is 5.91 Å². The van der Waals surface area contributed by atoms with Gasteiger partial charge in [-0.1, -0.05) is 12.1 Å². The van der Waals surface area contributed by atoms with Crippen molar-refractivity contribution in [3.05, 3.63) is 47.7 Å². The zero-order valence-electron chi connectivity index (χ0n) is 18.8. The number of hydrogen-bond donors (Lipinski definition) is 6. The van der Waals surface area contributed by atoms with Crippen molar-refractivity contribution < 1.29 is 49.6 Å². The molecule has 0 unspecified atom stereocenters. The first-order chi connectivity index (χ1) is 16.8. The Kier molecular flexibility index (Phi) is 6.24. The molecule has 0 saturated carbocycles. The molecule has 35 heavy (non-hydrogen) atoms. The summed E-state index contributed by atoms with van der Waals surface area (Å²) in [4.78, 5) is 15.0. The molecule has 4 heterocycles. The number of fused-ring (bicyclic) bond motifs is 4. The Labute approximate surface area is 201 Å². The summed E-state index contributed by atoms with van der Waals surface area (Å²) in [7, 11) is 0. The third-order valence-electron chi connectivity index (χ3n) is 7.50. The van der Waals surface area contributed by atoms with Crippen LogP contribution < -0.4 is 0 Å². The van der Waals surface area contributed by atoms with Gasteiger partial charge in [-0.25, -0.2) is 0 Å². The lowest BCUT2D eigenvalue weighted by molar-refractivity contribution is -0.339. The molecule has 2 fully saturated rings. The predicted octanol–water partition coefficient (Wildman–Crippen LogP) is -0.598. The van der Waals surface area contributed by atoms with Gasteiger partial charge in [0.15, 0.2) is 17.8 Å². The number of phenols is 2. The second kappa shape index (κ2) is 9.08. The van der Waals surface area contributed by atoms with E-state index in [0.29, 0.717) is 30.5 Å². The maximum Gasteiger partial charge on any atom is 0.253 e. The summed E-state index contributed by atoms with van der Waals surface area (Å²) in [5.74, 6) is -1.74. The maximum atomic E-state index is 13.4. The molecule has 0 radical (unpaired) electrons. The topological polar surface area (TPSA) is 169 Å². The fraction of sp³-hybridized carbons (Fsp3) is 0.542. The second-order valence-corrected chi connectivity index (χ2v) is 9.34. The lowest BCUT2D eigenvalue weighted by Crippen LogP contribution is -2.60. The molecule has 0 aromatic heterocycles. The van der Waals surface area contributed by atoms with Crippen LogP contribution >= 0.6 is 0 Å². The van der Waals surface area contributed by atoms with Crippen molar-refractivity contribution in [1.29, 1.82) is 0 Å². The molecule has 5 rings (SSSR count). The van der Waals surface area contributed by atoms with E-state index in [2.05, 4.69) is 6.58 Å². The van der Waals surface area contributed by atoms with Crippen molar-refractivity contribution in [1.82, 2.24) is 4.90 Å². The highest BCUT2D eigenvalue weighted by atomic mass is 16.8. The minimum atomic E-state index is -1.61. The number of amides is 1. The van der Waals surface area contributed by atoms with Gasteiger partial charge in [0.2, 0.25) is 6.29 Å². The van der Waals surface area contributed by atoms with Crippen LogP contribution in [0.3, 0.4) is 0 Å². The predicted molar refractivity (Wildman–Crippen MR) is 118 cm³/mol. The van der Waals surface area contributed by atoms with Gasteiger partial charge in [-0.05, 0) is 24.5 Å². The third kappa shape index (κ3) is 3.79. The molecular formula is C24H29NO10. The van der Waals surface area contributed by atoms with Crippen molar-refractivity contribution in [3.8, 4) is 11.5 Å². The third-order valence-corrected chi connectivity index (χ3v) is 7.50. The number of rotatable bonds is 4. The van der Waals surface area contributed by atoms with Gasteiger partial charge in [-0.15, -0.1) is 6.58 Å². The van der Waals surface area contributed by atoms with E-state index in [9.17, 15) is 35.4 Å². The molecule has 2 saturated heterocycles. The Morgan fingerprint density at radius 3 is 2.63 bits per heavy atom. The van der Waals surface area contributed by atoms with Crippen LogP contribution in [0.25, 0.3) is 0 Å². The molecule has 11 heteroatoms. The number of hydrogen-bond acceptors (Lipinski definition) is 10. The van der Waals surface area contributed by atoms with Gasteiger partial charge < -0.3 is 49.7 Å². The summed E-state index contributed by atoms with van der Waals surface area (Å²) in [6.07, 6.45) is -4.54. The number of ether oxygens (including phenoxy) is 3. The van der Waals surface area contributed by atoms with Crippen LogP contribution in [-0.4, -0.2) is 91.6 Å². The number of piperidine rings is 1. The van der Waals surface area contributed by atoms with Gasteiger partial charge in [0.05, 0.1) is 24.5 Å². The summed E-state index contributed by atoms with van der Waals surface area (Å²) < 4.78 is 17.0. The van der Waals surface area contributed by atoms with E-state index in [4.69, 9.17) is 14.2 Å². The van der Waals surface area contributed by atoms with Crippen molar-refractivity contribution in [2.45, 2.75) is 55.9 Å². The molecule has 0 bridgehead atoms. The zero-order chi connectivity index (χ0) is 25.0. The lowest BCUT2D eigenvalue weighted by atomic mass is 9.73. The van der Waals surface area contributed by atoms with Gasteiger partial charge >= 0.3 is 0 Å². The van der Waals surface area contributed by atoms with E-state index >= 15 is 0 Å². The van der Waals surface area contributed by atoms with Crippen LogP contribution in [0.1, 0.15) is 23.6 Å². The quantitative estimate of drug-likeness (QED) is 0.236. The zero-order valence-corrected chi connectivity index (χ0v) is 18.8. The molecule has 4 aliphatic rings. The van der Waals surface area contributed by atoms with Crippen LogP contribution in [0.4, 0.5) is 0 Å². The van der Waals surface area contributed by atoms with Crippen molar-refractivity contribution >= 4 is 5.91 Å². The number of carbonyl (C=O) groups excluding carboxylic acids is 1. The molecule has 11 nitrogen and oxygen atoms in total. The summed E-state index contributed by atoms with van der Waals surface area (Å²) in [5, 5.41) is 60.5. The van der Waals surface area contributed by atoms with Crippen molar-refractivity contribution in [2.75, 3.05) is 13.2 Å². The van der Waals surface area contributed by atoms with E-state index < -0.39 is 61.5 Å². The Morgan fingerprint density at radius 1 is 1.14 bits per heavy atom. The Bertz CT molecular complexity index is 1040. The van der Waals surface area contributed by atoms with Gasteiger partial charge in [-0.2, -0.15) is 0 Å². The fourth-order valence-corrected chi connectivity index (χ4v) is 5.59. The van der Waals surface area contributed by atoms with Gasteiger partial charge in [0.1, 0.15) is 24.4 Å². The standard InChI is InChI=1S/C24H29NO10/c1-2-11-12-7-14-17-10(3-4-15(27)18(17)28)5-6-25(14)22(32)13(12)9-33-23(11)35-24-21(31)20(30)19(29)16(8-26)34-24/h2-4,9,11-12,14,16,19-21,23-24,26-31H,1,5-8H2/t11-,12+,14-,16-,19-,20+,21-,23+,24+/m1/s1. The minimum absolute atomic E-state index is 0.242. The molecular weight excluding hydrogens is 462 g/mol. The number of aromatic hydroxyl groups is 2. The summed E-state index contributed by atoms with van der Waals surface area (Å²) in [6, 6.07) is 2.71. The molecule has 0 spiro atoms. The number of phenolic OH excluding ortho intramolecular Hbond substituents is 2. The highest BCUT2D eigenvalue weighted by Crippen LogP contribution is 2.50. The van der Waals surface area contributed by atoms with Crippen LogP contribution in [0.2, 0.25) is 0 Å². The Balaban J connectivity index is 1.42. The molecule has 4 aliphatic heterocycles. The number of aliphatic hydroxyl groups is 4. The summed E-state index contributed by atoms with van der Waals surface area (Å²) >= 11 is 0. The van der Waals surface area contributed by atoms with Crippen LogP contribution in [-0.2, 0) is 25.4 Å². The van der Waals surface area contributed by atoms with E-state index in [0.717, 1.165) is 5.56 Å². The SMILES string of the molecule is C=C[C@H]1[C@H](O[C@@H]2O[C@H](CO)[C@@H](O)[C@H](O)[C@H]2O)OC=C2C(=O)N3CCc4ccc(O)c(O)c4[C@H]3C[C@H]21. The summed E-state index contributed by atoms with van der Waals surface area (Å²) in [6.45, 7) is 3.72. The smallest absolute Gasteiger partial charge is 0.253 e. The lowest BCUT2D eigenvalue weighted by Gasteiger charge is -2.48. The molecule has 0 aliphatic carbocycles. The average Bonchev–Trinajstić information content (AvgIpc) is 2.86. The summed E-state index contributed by atoms with van der Waals surface area (Å²) in [5.41, 5.74) is 1.80. The van der Waals surface area contributed by atoms with E-state index in [1.165, 1.54) is 12.3 Å². The Hall–Kier alpha value is -2.67. The van der Waals surface area contributed by atoms with Crippen LogP contribution in [0, 0.1) is 11.8 Å². The molecule has 1 aromatic rings.